The lowest BCUT2D eigenvalue weighted by Crippen LogP contribution is -2.23. The van der Waals surface area contributed by atoms with Gasteiger partial charge in [-0.05, 0) is 26.0 Å². The summed E-state index contributed by atoms with van der Waals surface area (Å²) in [5.41, 5.74) is 0.579. The molecule has 0 N–H and O–H groups in total. The first-order valence-electron chi connectivity index (χ1n) is 4.78. The lowest BCUT2D eigenvalue weighted by atomic mass is 10.0. The summed E-state index contributed by atoms with van der Waals surface area (Å²) in [5, 5.41) is 0. The molecule has 1 aromatic heterocycles. The van der Waals surface area contributed by atoms with Gasteiger partial charge in [0.1, 0.15) is 0 Å². The van der Waals surface area contributed by atoms with Gasteiger partial charge in [0.05, 0.1) is 18.2 Å². The van der Waals surface area contributed by atoms with Gasteiger partial charge < -0.3 is 4.74 Å². The molecule has 0 radical (unpaired) electrons. The van der Waals surface area contributed by atoms with Gasteiger partial charge in [-0.1, -0.05) is 6.07 Å². The molecule has 1 heterocycles. The topological polar surface area (TPSA) is 56.3 Å². The number of hydrogen-bond donors (Lipinski definition) is 0. The lowest BCUT2D eigenvalue weighted by molar-refractivity contribution is -0.154. The minimum atomic E-state index is -0.796. The normalized spacial score (nSPS) is 11.9. The second-order valence-corrected chi connectivity index (χ2v) is 3.06. The largest absolute Gasteiger partial charge is 0.460 e. The Balaban J connectivity index is 2.73. The van der Waals surface area contributed by atoms with Crippen LogP contribution in [0.25, 0.3) is 0 Å². The van der Waals surface area contributed by atoms with E-state index in [2.05, 4.69) is 9.72 Å². The summed E-state index contributed by atoms with van der Waals surface area (Å²) < 4.78 is 4.63. The molecule has 0 aliphatic rings. The SMILES string of the molecule is CCOC(=O)C(=O)C(C)c1ccccn1. The monoisotopic (exact) mass is 207 g/mol. The molecule has 1 aromatic rings. The Morgan fingerprint density at radius 3 is 2.73 bits per heavy atom. The predicted octanol–water partition coefficient (Wildman–Crippen LogP) is 1.32. The summed E-state index contributed by atoms with van der Waals surface area (Å²) in [4.78, 5) is 26.7. The van der Waals surface area contributed by atoms with Crippen molar-refractivity contribution in [3.8, 4) is 0 Å². The summed E-state index contributed by atoms with van der Waals surface area (Å²) in [5.74, 6) is -1.91. The first kappa shape index (κ1) is 11.4. The Morgan fingerprint density at radius 1 is 1.47 bits per heavy atom. The number of carbonyl (C=O) groups is 2. The molecule has 80 valence electrons. The molecule has 1 unspecified atom stereocenters. The maximum atomic E-state index is 11.5. The molecule has 0 aromatic carbocycles. The molecule has 15 heavy (non-hydrogen) atoms. The zero-order valence-electron chi connectivity index (χ0n) is 8.77. The molecule has 4 heteroatoms. The Kier molecular flexibility index (Phi) is 3.97. The number of pyridine rings is 1. The molecule has 0 spiro atoms. The van der Waals surface area contributed by atoms with Gasteiger partial charge in [0.15, 0.2) is 0 Å². The van der Waals surface area contributed by atoms with E-state index >= 15 is 0 Å². The van der Waals surface area contributed by atoms with Crippen LogP contribution in [-0.2, 0) is 14.3 Å². The number of esters is 1. The summed E-state index contributed by atoms with van der Waals surface area (Å²) in [6.45, 7) is 3.51. The molecule has 0 fully saturated rings. The molecule has 4 nitrogen and oxygen atoms in total. The van der Waals surface area contributed by atoms with Gasteiger partial charge in [-0.15, -0.1) is 0 Å². The lowest BCUT2D eigenvalue weighted by Gasteiger charge is -2.08. The van der Waals surface area contributed by atoms with Crippen LogP contribution in [0.5, 0.6) is 0 Å². The van der Waals surface area contributed by atoms with E-state index in [1.807, 2.05) is 0 Å². The number of rotatable bonds is 4. The smallest absolute Gasteiger partial charge is 0.375 e. The molecule has 0 aliphatic heterocycles. The number of carbonyl (C=O) groups excluding carboxylic acids is 2. The Bertz CT molecular complexity index is 348. The third-order valence-electron chi connectivity index (χ3n) is 2.00. The first-order chi connectivity index (χ1) is 7.16. The minimum absolute atomic E-state index is 0.208. The molecule has 0 bridgehead atoms. The van der Waals surface area contributed by atoms with Crippen molar-refractivity contribution in [3.63, 3.8) is 0 Å². The molecule has 1 atom stereocenters. The minimum Gasteiger partial charge on any atom is -0.460 e. The van der Waals surface area contributed by atoms with E-state index < -0.39 is 17.7 Å². The van der Waals surface area contributed by atoms with Crippen LogP contribution in [0.2, 0.25) is 0 Å². The maximum Gasteiger partial charge on any atom is 0.375 e. The van der Waals surface area contributed by atoms with Gasteiger partial charge in [-0.25, -0.2) is 4.79 Å². The van der Waals surface area contributed by atoms with Crippen molar-refractivity contribution in [1.82, 2.24) is 4.98 Å². The van der Waals surface area contributed by atoms with E-state index in [1.54, 1.807) is 38.2 Å². The van der Waals surface area contributed by atoms with Gasteiger partial charge >= 0.3 is 5.97 Å². The average molecular weight is 207 g/mol. The quantitative estimate of drug-likeness (QED) is 0.552. The highest BCUT2D eigenvalue weighted by Gasteiger charge is 2.24. The van der Waals surface area contributed by atoms with Crippen molar-refractivity contribution in [2.75, 3.05) is 6.61 Å². The molecule has 0 saturated heterocycles. The number of Topliss-reactive ketones (excluding diaryl/α,β-unsaturated/α-hetero) is 1. The van der Waals surface area contributed by atoms with E-state index in [-0.39, 0.29) is 6.61 Å². The van der Waals surface area contributed by atoms with E-state index in [4.69, 9.17) is 0 Å². The number of hydrogen-bond acceptors (Lipinski definition) is 4. The molecular formula is C11H13NO3. The standard InChI is InChI=1S/C11H13NO3/c1-3-15-11(14)10(13)8(2)9-6-4-5-7-12-9/h4-8H,3H2,1-2H3. The van der Waals surface area contributed by atoms with Gasteiger partial charge in [0.25, 0.3) is 0 Å². The molecule has 0 amide bonds. The molecular weight excluding hydrogens is 194 g/mol. The van der Waals surface area contributed by atoms with E-state index in [9.17, 15) is 9.59 Å². The van der Waals surface area contributed by atoms with Crippen LogP contribution in [0.4, 0.5) is 0 Å². The maximum absolute atomic E-state index is 11.5. The van der Waals surface area contributed by atoms with Crippen LogP contribution in [0.15, 0.2) is 24.4 Å². The van der Waals surface area contributed by atoms with Crippen LogP contribution in [0, 0.1) is 0 Å². The van der Waals surface area contributed by atoms with Gasteiger partial charge in [-0.2, -0.15) is 0 Å². The first-order valence-corrected chi connectivity index (χ1v) is 4.78. The van der Waals surface area contributed by atoms with Crippen molar-refractivity contribution in [2.45, 2.75) is 19.8 Å². The second kappa shape index (κ2) is 5.24. The van der Waals surface area contributed by atoms with Gasteiger partial charge in [0.2, 0.25) is 5.78 Å². The number of nitrogens with zero attached hydrogens (tertiary/aromatic N) is 1. The van der Waals surface area contributed by atoms with Crippen LogP contribution in [-0.4, -0.2) is 23.3 Å². The van der Waals surface area contributed by atoms with Crippen molar-refractivity contribution in [1.29, 1.82) is 0 Å². The van der Waals surface area contributed by atoms with Crippen LogP contribution in [0.3, 0.4) is 0 Å². The van der Waals surface area contributed by atoms with E-state index in [1.165, 1.54) is 0 Å². The van der Waals surface area contributed by atoms with E-state index in [0.29, 0.717) is 5.69 Å². The fourth-order valence-corrected chi connectivity index (χ4v) is 1.15. The van der Waals surface area contributed by atoms with Crippen LogP contribution < -0.4 is 0 Å². The van der Waals surface area contributed by atoms with Crippen molar-refractivity contribution >= 4 is 11.8 Å². The molecule has 0 aliphatic carbocycles. The molecule has 1 rings (SSSR count). The fourth-order valence-electron chi connectivity index (χ4n) is 1.15. The van der Waals surface area contributed by atoms with Crippen molar-refractivity contribution in [3.05, 3.63) is 30.1 Å². The Morgan fingerprint density at radius 2 is 2.20 bits per heavy atom. The van der Waals surface area contributed by atoms with Gasteiger partial charge in [-0.3, -0.25) is 9.78 Å². The summed E-state index contributed by atoms with van der Waals surface area (Å²) in [6, 6.07) is 5.24. The van der Waals surface area contributed by atoms with Gasteiger partial charge in [0, 0.05) is 6.20 Å². The zero-order valence-corrected chi connectivity index (χ0v) is 8.77. The number of aromatic nitrogens is 1. The zero-order chi connectivity index (χ0) is 11.3. The summed E-state index contributed by atoms with van der Waals surface area (Å²) in [6.07, 6.45) is 1.59. The highest BCUT2D eigenvalue weighted by Crippen LogP contribution is 2.13. The van der Waals surface area contributed by atoms with Crippen molar-refractivity contribution in [2.24, 2.45) is 0 Å². The fraction of sp³-hybridized carbons (Fsp3) is 0.364. The third-order valence-corrected chi connectivity index (χ3v) is 2.00. The van der Waals surface area contributed by atoms with Crippen molar-refractivity contribution < 1.29 is 14.3 Å². The Hall–Kier alpha value is -1.71. The van der Waals surface area contributed by atoms with Crippen LogP contribution >= 0.6 is 0 Å². The number of ketones is 1. The number of ether oxygens (including phenoxy) is 1. The molecule has 0 saturated carbocycles. The highest BCUT2D eigenvalue weighted by atomic mass is 16.5. The second-order valence-electron chi connectivity index (χ2n) is 3.06. The predicted molar refractivity (Wildman–Crippen MR) is 54.3 cm³/mol. The average Bonchev–Trinajstić information content (AvgIpc) is 2.28. The van der Waals surface area contributed by atoms with E-state index in [0.717, 1.165) is 0 Å². The Labute approximate surface area is 88.3 Å². The third kappa shape index (κ3) is 2.87. The highest BCUT2D eigenvalue weighted by molar-refractivity contribution is 6.35. The van der Waals surface area contributed by atoms with Crippen LogP contribution in [0.1, 0.15) is 25.5 Å². The summed E-state index contributed by atoms with van der Waals surface area (Å²) in [7, 11) is 0. The summed E-state index contributed by atoms with van der Waals surface area (Å²) >= 11 is 0.